The summed E-state index contributed by atoms with van der Waals surface area (Å²) in [7, 11) is 0. The maximum atomic E-state index is 5.03. The summed E-state index contributed by atoms with van der Waals surface area (Å²) in [4.78, 5) is 12.7. The summed E-state index contributed by atoms with van der Waals surface area (Å²) in [6.45, 7) is 4.56. The highest BCUT2D eigenvalue weighted by Gasteiger charge is 2.12. The van der Waals surface area contributed by atoms with Crippen molar-refractivity contribution in [2.75, 3.05) is 0 Å². The number of rotatable bonds is 16. The number of unbranched alkanes of at least 4 members (excludes halogenated alkanes) is 10. The summed E-state index contributed by atoms with van der Waals surface area (Å²) in [5.41, 5.74) is 7.06. The van der Waals surface area contributed by atoms with E-state index in [1.807, 2.05) is 22.7 Å². The topological polar surface area (TPSA) is 25.8 Å². The Morgan fingerprint density at radius 1 is 0.500 bits per heavy atom. The second-order valence-electron chi connectivity index (χ2n) is 10.0. The molecule has 4 heteroatoms. The van der Waals surface area contributed by atoms with Crippen LogP contribution >= 0.6 is 22.7 Å². The summed E-state index contributed by atoms with van der Waals surface area (Å²) in [5, 5.41) is 4.44. The zero-order chi connectivity index (χ0) is 25.0. The number of aromatic nitrogens is 2. The van der Waals surface area contributed by atoms with Crippen molar-refractivity contribution in [3.63, 3.8) is 0 Å². The molecule has 0 aliphatic carbocycles. The van der Waals surface area contributed by atoms with Crippen LogP contribution < -0.4 is 0 Å². The molecule has 0 fully saturated rings. The fraction of sp³-hybridized carbons (Fsp3) is 0.500. The summed E-state index contributed by atoms with van der Waals surface area (Å²) < 4.78 is 0. The fourth-order valence-electron chi connectivity index (χ4n) is 4.97. The molecule has 0 aliphatic rings. The summed E-state index contributed by atoms with van der Waals surface area (Å²) in [6.07, 6.45) is 18.3. The zero-order valence-electron chi connectivity index (χ0n) is 22.2. The average molecular weight is 519 g/mol. The van der Waals surface area contributed by atoms with E-state index >= 15 is 0 Å². The molecule has 0 unspecified atom stereocenters. The van der Waals surface area contributed by atoms with Crippen molar-refractivity contribution >= 4 is 33.7 Å². The largest absolute Gasteiger partial charge is 0.245 e. The molecule has 4 rings (SSSR count). The van der Waals surface area contributed by atoms with E-state index in [0.717, 1.165) is 35.3 Å². The first-order chi connectivity index (χ1) is 17.8. The Kier molecular flexibility index (Phi) is 11.0. The Labute approximate surface area is 226 Å². The second kappa shape index (κ2) is 14.6. The molecule has 0 radical (unpaired) electrons. The average Bonchev–Trinajstić information content (AvgIpc) is 3.57. The van der Waals surface area contributed by atoms with Gasteiger partial charge in [-0.05, 0) is 84.0 Å². The van der Waals surface area contributed by atoms with Gasteiger partial charge in [0.2, 0.25) is 0 Å². The van der Waals surface area contributed by atoms with Gasteiger partial charge in [-0.25, -0.2) is 9.97 Å². The van der Waals surface area contributed by atoms with E-state index in [0.29, 0.717) is 0 Å². The van der Waals surface area contributed by atoms with Crippen molar-refractivity contribution in [2.24, 2.45) is 0 Å². The van der Waals surface area contributed by atoms with E-state index in [1.54, 1.807) is 0 Å². The van der Waals surface area contributed by atoms with Gasteiger partial charge in [-0.2, -0.15) is 0 Å². The summed E-state index contributed by atoms with van der Waals surface area (Å²) in [6, 6.07) is 13.2. The van der Waals surface area contributed by atoms with Crippen LogP contribution in [0.15, 0.2) is 47.2 Å². The second-order valence-corrected chi connectivity index (χ2v) is 11.8. The van der Waals surface area contributed by atoms with Crippen molar-refractivity contribution in [1.29, 1.82) is 0 Å². The Morgan fingerprint density at radius 3 is 1.36 bits per heavy atom. The van der Waals surface area contributed by atoms with E-state index in [1.165, 1.54) is 97.9 Å². The summed E-state index contributed by atoms with van der Waals surface area (Å²) >= 11 is 3.64. The number of aryl methyl sites for hydroxylation is 2. The highest BCUT2D eigenvalue weighted by molar-refractivity contribution is 7.14. The fourth-order valence-corrected chi connectivity index (χ4v) is 6.82. The van der Waals surface area contributed by atoms with Gasteiger partial charge in [0.15, 0.2) is 0 Å². The van der Waals surface area contributed by atoms with Crippen LogP contribution in [0.4, 0.5) is 0 Å². The molecule has 0 spiro atoms. The van der Waals surface area contributed by atoms with E-state index in [2.05, 4.69) is 61.0 Å². The molecule has 0 saturated carbocycles. The molecule has 0 amide bonds. The third-order valence-electron chi connectivity index (χ3n) is 7.10. The lowest BCUT2D eigenvalue weighted by atomic mass is 10.0. The van der Waals surface area contributed by atoms with E-state index in [4.69, 9.17) is 9.97 Å². The van der Waals surface area contributed by atoms with Gasteiger partial charge >= 0.3 is 0 Å². The molecular formula is C32H42N2S2. The van der Waals surface area contributed by atoms with Crippen LogP contribution in [-0.2, 0) is 12.8 Å². The molecule has 0 aromatic carbocycles. The van der Waals surface area contributed by atoms with Crippen LogP contribution in [0.25, 0.3) is 32.2 Å². The Bertz CT molecular complexity index is 1100. The molecular weight excluding hydrogens is 477 g/mol. The highest BCUT2D eigenvalue weighted by Crippen LogP contribution is 2.33. The molecule has 0 N–H and O–H groups in total. The molecule has 4 aromatic rings. The number of hydrogen-bond donors (Lipinski definition) is 0. The normalized spacial score (nSPS) is 11.5. The maximum absolute atomic E-state index is 5.03. The lowest BCUT2D eigenvalue weighted by Crippen LogP contribution is -1.92. The Hall–Kier alpha value is -2.04. The molecule has 2 nitrogen and oxygen atoms in total. The van der Waals surface area contributed by atoms with Gasteiger partial charge < -0.3 is 0 Å². The first kappa shape index (κ1) is 27.0. The van der Waals surface area contributed by atoms with Crippen LogP contribution in [0.1, 0.15) is 102 Å². The van der Waals surface area contributed by atoms with E-state index < -0.39 is 0 Å². The van der Waals surface area contributed by atoms with Gasteiger partial charge in [-0.3, -0.25) is 0 Å². The predicted molar refractivity (Wildman–Crippen MR) is 160 cm³/mol. The standard InChI is InChI=1S/C32H42N2S2/c1-3-5-7-9-11-13-15-25-21-23-35-31(25)29-19-17-28-27(33-29)18-20-30(34-28)32-26(22-24-36-32)16-14-12-10-8-6-4-2/h17-24H,3-16H2,1-2H3. The zero-order valence-corrected chi connectivity index (χ0v) is 23.9. The monoisotopic (exact) mass is 518 g/mol. The third-order valence-corrected chi connectivity index (χ3v) is 9.06. The maximum Gasteiger partial charge on any atom is 0.0895 e. The molecule has 4 heterocycles. The van der Waals surface area contributed by atoms with Crippen molar-refractivity contribution in [3.8, 4) is 21.1 Å². The first-order valence-electron chi connectivity index (χ1n) is 14.2. The van der Waals surface area contributed by atoms with Crippen molar-refractivity contribution in [3.05, 3.63) is 58.3 Å². The van der Waals surface area contributed by atoms with Gasteiger partial charge in [0.05, 0.1) is 32.2 Å². The van der Waals surface area contributed by atoms with Crippen LogP contribution in [0.5, 0.6) is 0 Å². The van der Waals surface area contributed by atoms with Gasteiger partial charge in [0.1, 0.15) is 0 Å². The minimum atomic E-state index is 0.990. The van der Waals surface area contributed by atoms with Crippen LogP contribution in [-0.4, -0.2) is 9.97 Å². The predicted octanol–water partition coefficient (Wildman–Crippen LogP) is 10.9. The number of fused-ring (bicyclic) bond motifs is 1. The van der Waals surface area contributed by atoms with Crippen LogP contribution in [0, 0.1) is 0 Å². The molecule has 0 bridgehead atoms. The number of pyridine rings is 2. The van der Waals surface area contributed by atoms with Gasteiger partial charge in [-0.15, -0.1) is 22.7 Å². The molecule has 0 aliphatic heterocycles. The molecule has 4 aromatic heterocycles. The molecule has 36 heavy (non-hydrogen) atoms. The minimum absolute atomic E-state index is 0.990. The van der Waals surface area contributed by atoms with Gasteiger partial charge in [0, 0.05) is 0 Å². The first-order valence-corrected chi connectivity index (χ1v) is 16.0. The van der Waals surface area contributed by atoms with E-state index in [9.17, 15) is 0 Å². The van der Waals surface area contributed by atoms with Crippen molar-refractivity contribution in [1.82, 2.24) is 9.97 Å². The number of hydrogen-bond acceptors (Lipinski definition) is 4. The van der Waals surface area contributed by atoms with Gasteiger partial charge in [0.25, 0.3) is 0 Å². The Balaban J connectivity index is 1.40. The number of nitrogens with zero attached hydrogens (tertiary/aromatic N) is 2. The molecule has 192 valence electrons. The van der Waals surface area contributed by atoms with Crippen LogP contribution in [0.2, 0.25) is 0 Å². The molecule has 0 atom stereocenters. The van der Waals surface area contributed by atoms with Gasteiger partial charge in [-0.1, -0.05) is 78.1 Å². The van der Waals surface area contributed by atoms with Crippen molar-refractivity contribution in [2.45, 2.75) is 104 Å². The molecule has 0 saturated heterocycles. The number of thiophene rings is 2. The van der Waals surface area contributed by atoms with Crippen LogP contribution in [0.3, 0.4) is 0 Å². The third kappa shape index (κ3) is 7.49. The smallest absolute Gasteiger partial charge is 0.0895 e. The lowest BCUT2D eigenvalue weighted by Gasteiger charge is -2.08. The lowest BCUT2D eigenvalue weighted by molar-refractivity contribution is 0.608. The van der Waals surface area contributed by atoms with Crippen molar-refractivity contribution < 1.29 is 0 Å². The summed E-state index contributed by atoms with van der Waals surface area (Å²) in [5.74, 6) is 0. The SMILES string of the molecule is CCCCCCCCc1ccsc1-c1ccc2nc(-c3sccc3CCCCCCCC)ccc2n1. The Morgan fingerprint density at radius 2 is 0.917 bits per heavy atom. The highest BCUT2D eigenvalue weighted by atomic mass is 32.1. The van der Waals surface area contributed by atoms with E-state index in [-0.39, 0.29) is 0 Å². The quantitative estimate of drug-likeness (QED) is 0.138. The minimum Gasteiger partial charge on any atom is -0.245 e.